The zero-order valence-electron chi connectivity index (χ0n) is 8.80. The molecular formula is C11H14ClN3O. The van der Waals surface area contributed by atoms with Gasteiger partial charge < -0.3 is 15.1 Å². The Morgan fingerprint density at radius 2 is 2.19 bits per heavy atom. The molecule has 0 aliphatic carbocycles. The minimum atomic E-state index is 0. The van der Waals surface area contributed by atoms with Crippen LogP contribution in [0.2, 0.25) is 0 Å². The van der Waals surface area contributed by atoms with E-state index in [1.165, 1.54) is 0 Å². The van der Waals surface area contributed by atoms with Gasteiger partial charge in [0.2, 0.25) is 0 Å². The lowest BCUT2D eigenvalue weighted by Gasteiger charge is -2.11. The van der Waals surface area contributed by atoms with E-state index < -0.39 is 0 Å². The molecule has 2 aromatic rings. The van der Waals surface area contributed by atoms with Gasteiger partial charge in [-0.2, -0.15) is 4.98 Å². The number of hydrogen-bond donors (Lipinski definition) is 1. The van der Waals surface area contributed by atoms with Crippen molar-refractivity contribution < 1.29 is 4.42 Å². The fourth-order valence-electron chi connectivity index (χ4n) is 1.96. The normalized spacial score (nSPS) is 20.1. The molecular weight excluding hydrogens is 226 g/mol. The van der Waals surface area contributed by atoms with Crippen LogP contribution in [-0.4, -0.2) is 24.1 Å². The Morgan fingerprint density at radius 3 is 2.88 bits per heavy atom. The molecule has 1 aromatic heterocycles. The van der Waals surface area contributed by atoms with Crippen LogP contribution in [0.1, 0.15) is 6.42 Å². The molecule has 1 saturated heterocycles. The van der Waals surface area contributed by atoms with Crippen LogP contribution in [0.25, 0.3) is 11.1 Å². The summed E-state index contributed by atoms with van der Waals surface area (Å²) in [7, 11) is 0. The molecule has 1 fully saturated rings. The summed E-state index contributed by atoms with van der Waals surface area (Å²) in [5.74, 6) is 0. The van der Waals surface area contributed by atoms with Crippen molar-refractivity contribution in [2.24, 2.45) is 5.73 Å². The summed E-state index contributed by atoms with van der Waals surface area (Å²) in [5.41, 5.74) is 7.60. The maximum absolute atomic E-state index is 5.85. The molecule has 3 rings (SSSR count). The third-order valence-corrected chi connectivity index (χ3v) is 2.78. The van der Waals surface area contributed by atoms with Gasteiger partial charge in [0.05, 0.1) is 0 Å². The van der Waals surface area contributed by atoms with E-state index in [1.807, 2.05) is 24.3 Å². The second kappa shape index (κ2) is 4.31. The average molecular weight is 240 g/mol. The lowest BCUT2D eigenvalue weighted by atomic mass is 10.3. The highest BCUT2D eigenvalue weighted by molar-refractivity contribution is 5.85. The van der Waals surface area contributed by atoms with Gasteiger partial charge in [0.15, 0.2) is 5.58 Å². The number of para-hydroxylation sites is 2. The van der Waals surface area contributed by atoms with Crippen molar-refractivity contribution in [3.05, 3.63) is 24.3 Å². The monoisotopic (exact) mass is 239 g/mol. The summed E-state index contributed by atoms with van der Waals surface area (Å²) in [6, 6.07) is 8.75. The largest absolute Gasteiger partial charge is 0.423 e. The fraction of sp³-hybridized carbons (Fsp3) is 0.364. The second-order valence-corrected chi connectivity index (χ2v) is 3.96. The number of halogens is 1. The Kier molecular flexibility index (Phi) is 3.03. The predicted octanol–water partition coefficient (Wildman–Crippen LogP) is 1.79. The molecule has 0 unspecified atom stereocenters. The topological polar surface area (TPSA) is 55.3 Å². The number of oxazole rings is 1. The SMILES string of the molecule is Cl.N[C@@H]1CCN(c2nc3ccccc3o2)C1. The van der Waals surface area contributed by atoms with E-state index in [-0.39, 0.29) is 18.4 Å². The van der Waals surface area contributed by atoms with Crippen molar-refractivity contribution >= 4 is 29.5 Å². The van der Waals surface area contributed by atoms with Crippen LogP contribution in [0.15, 0.2) is 28.7 Å². The number of aromatic nitrogens is 1. The van der Waals surface area contributed by atoms with Crippen LogP contribution in [0.3, 0.4) is 0 Å². The zero-order chi connectivity index (χ0) is 10.3. The van der Waals surface area contributed by atoms with Gasteiger partial charge in [-0.15, -0.1) is 12.4 Å². The van der Waals surface area contributed by atoms with Gasteiger partial charge in [-0.1, -0.05) is 12.1 Å². The fourth-order valence-corrected chi connectivity index (χ4v) is 1.96. The number of hydrogen-bond acceptors (Lipinski definition) is 4. The van der Waals surface area contributed by atoms with Gasteiger partial charge in [0, 0.05) is 19.1 Å². The molecule has 1 aliphatic rings. The molecule has 0 radical (unpaired) electrons. The van der Waals surface area contributed by atoms with E-state index in [9.17, 15) is 0 Å². The highest BCUT2D eigenvalue weighted by atomic mass is 35.5. The van der Waals surface area contributed by atoms with Crippen molar-refractivity contribution in [3.63, 3.8) is 0 Å². The molecule has 0 saturated carbocycles. The Bertz CT molecular complexity index is 452. The van der Waals surface area contributed by atoms with Crippen LogP contribution >= 0.6 is 12.4 Å². The molecule has 0 amide bonds. The molecule has 1 aromatic carbocycles. The summed E-state index contributed by atoms with van der Waals surface area (Å²) in [4.78, 5) is 6.53. The molecule has 86 valence electrons. The van der Waals surface area contributed by atoms with Crippen LogP contribution in [0, 0.1) is 0 Å². The molecule has 16 heavy (non-hydrogen) atoms. The van der Waals surface area contributed by atoms with Crippen LogP contribution in [-0.2, 0) is 0 Å². The second-order valence-electron chi connectivity index (χ2n) is 3.96. The molecule has 1 aliphatic heterocycles. The van der Waals surface area contributed by atoms with Gasteiger partial charge in [-0.3, -0.25) is 0 Å². The predicted molar refractivity (Wildman–Crippen MR) is 66.1 cm³/mol. The van der Waals surface area contributed by atoms with E-state index in [1.54, 1.807) is 0 Å². The lowest BCUT2D eigenvalue weighted by molar-refractivity contribution is 0.583. The highest BCUT2D eigenvalue weighted by Gasteiger charge is 2.23. The maximum Gasteiger partial charge on any atom is 0.298 e. The first-order valence-corrected chi connectivity index (χ1v) is 5.19. The summed E-state index contributed by atoms with van der Waals surface area (Å²) in [6.07, 6.45) is 1.01. The zero-order valence-corrected chi connectivity index (χ0v) is 9.61. The summed E-state index contributed by atoms with van der Waals surface area (Å²) >= 11 is 0. The van der Waals surface area contributed by atoms with E-state index in [0.717, 1.165) is 30.6 Å². The van der Waals surface area contributed by atoms with Crippen LogP contribution in [0.4, 0.5) is 6.01 Å². The van der Waals surface area contributed by atoms with Gasteiger partial charge >= 0.3 is 0 Å². The van der Waals surface area contributed by atoms with E-state index in [0.29, 0.717) is 6.01 Å². The first kappa shape index (κ1) is 11.2. The Balaban J connectivity index is 0.000000963. The summed E-state index contributed by atoms with van der Waals surface area (Å²) in [6.45, 7) is 1.78. The highest BCUT2D eigenvalue weighted by Crippen LogP contribution is 2.23. The molecule has 1 atom stereocenters. The number of benzene rings is 1. The molecule has 0 bridgehead atoms. The Labute approximate surface area is 99.8 Å². The van der Waals surface area contributed by atoms with Crippen molar-refractivity contribution in [3.8, 4) is 0 Å². The number of anilines is 1. The minimum Gasteiger partial charge on any atom is -0.423 e. The molecule has 0 spiro atoms. The number of rotatable bonds is 1. The molecule has 4 nitrogen and oxygen atoms in total. The first-order chi connectivity index (χ1) is 7.33. The quantitative estimate of drug-likeness (QED) is 0.824. The van der Waals surface area contributed by atoms with Gasteiger partial charge in [-0.25, -0.2) is 0 Å². The van der Waals surface area contributed by atoms with Crippen molar-refractivity contribution in [1.29, 1.82) is 0 Å². The smallest absolute Gasteiger partial charge is 0.298 e. The lowest BCUT2D eigenvalue weighted by Crippen LogP contribution is -2.26. The Hall–Kier alpha value is -1.26. The number of nitrogens with two attached hydrogens (primary N) is 1. The van der Waals surface area contributed by atoms with Crippen LogP contribution in [0.5, 0.6) is 0 Å². The first-order valence-electron chi connectivity index (χ1n) is 5.19. The van der Waals surface area contributed by atoms with Crippen LogP contribution < -0.4 is 10.6 Å². The summed E-state index contributed by atoms with van der Waals surface area (Å²) < 4.78 is 5.66. The van der Waals surface area contributed by atoms with Gasteiger partial charge in [0.1, 0.15) is 5.52 Å². The maximum atomic E-state index is 5.85. The number of fused-ring (bicyclic) bond motifs is 1. The average Bonchev–Trinajstić information content (AvgIpc) is 2.82. The standard InChI is InChI=1S/C11H13N3O.ClH/c12-8-5-6-14(7-8)11-13-9-3-1-2-4-10(9)15-11;/h1-4,8H,5-7,12H2;1H/t8-;/m1./s1. The van der Waals surface area contributed by atoms with E-state index in [4.69, 9.17) is 10.2 Å². The number of nitrogens with zero attached hydrogens (tertiary/aromatic N) is 2. The molecule has 2 heterocycles. The van der Waals surface area contributed by atoms with Gasteiger partial charge in [0.25, 0.3) is 6.01 Å². The third-order valence-electron chi connectivity index (χ3n) is 2.78. The molecule has 5 heteroatoms. The van der Waals surface area contributed by atoms with Crippen molar-refractivity contribution in [2.45, 2.75) is 12.5 Å². The van der Waals surface area contributed by atoms with E-state index in [2.05, 4.69) is 9.88 Å². The van der Waals surface area contributed by atoms with Crippen molar-refractivity contribution in [2.75, 3.05) is 18.0 Å². The Morgan fingerprint density at radius 1 is 1.38 bits per heavy atom. The van der Waals surface area contributed by atoms with Gasteiger partial charge in [-0.05, 0) is 18.6 Å². The molecule has 2 N–H and O–H groups in total. The minimum absolute atomic E-state index is 0. The van der Waals surface area contributed by atoms with Crippen molar-refractivity contribution in [1.82, 2.24) is 4.98 Å². The third kappa shape index (κ3) is 1.86. The summed E-state index contributed by atoms with van der Waals surface area (Å²) in [5, 5.41) is 0. The van der Waals surface area contributed by atoms with E-state index >= 15 is 0 Å².